The van der Waals surface area contributed by atoms with Gasteiger partial charge in [-0.3, -0.25) is 9.88 Å². The Balaban J connectivity index is 2.02. The lowest BCUT2D eigenvalue weighted by molar-refractivity contribution is 0.146. The summed E-state index contributed by atoms with van der Waals surface area (Å²) in [4.78, 5) is 16.7. The van der Waals surface area contributed by atoms with Crippen LogP contribution in [0.25, 0.3) is 0 Å². The molecule has 0 spiro atoms. The van der Waals surface area contributed by atoms with Gasteiger partial charge in [-0.1, -0.05) is 6.07 Å². The van der Waals surface area contributed by atoms with Crippen molar-refractivity contribution in [2.24, 2.45) is 0 Å². The number of hydrogen-bond acceptors (Lipinski definition) is 4. The van der Waals surface area contributed by atoms with E-state index in [0.717, 1.165) is 5.56 Å². The zero-order chi connectivity index (χ0) is 10.7. The lowest BCUT2D eigenvalue weighted by Gasteiger charge is -2.11. The first kappa shape index (κ1) is 9.46. The highest BCUT2D eigenvalue weighted by Gasteiger charge is 2.30. The highest BCUT2D eigenvalue weighted by molar-refractivity contribution is 5.70. The molecule has 2 heterocycles. The molecule has 0 radical (unpaired) electrons. The Bertz CT molecular complexity index is 399. The van der Waals surface area contributed by atoms with Crippen molar-refractivity contribution in [1.82, 2.24) is 9.88 Å². The van der Waals surface area contributed by atoms with Crippen molar-refractivity contribution in [2.75, 3.05) is 6.54 Å². The second kappa shape index (κ2) is 3.96. The number of ether oxygens (including phenoxy) is 1. The smallest absolute Gasteiger partial charge is 0.411 e. The maximum Gasteiger partial charge on any atom is 0.411 e. The van der Waals surface area contributed by atoms with E-state index in [-0.39, 0.29) is 0 Å². The van der Waals surface area contributed by atoms with Gasteiger partial charge in [0.05, 0.1) is 13.1 Å². The molecule has 1 amide bonds. The topological polar surface area (TPSA) is 66.2 Å². The van der Waals surface area contributed by atoms with Crippen molar-refractivity contribution in [3.8, 4) is 6.07 Å². The van der Waals surface area contributed by atoms with Gasteiger partial charge in [-0.05, 0) is 11.6 Å². The zero-order valence-corrected chi connectivity index (χ0v) is 7.96. The molecule has 0 saturated carbocycles. The van der Waals surface area contributed by atoms with E-state index < -0.39 is 12.2 Å². The second-order valence-corrected chi connectivity index (χ2v) is 3.24. The summed E-state index contributed by atoms with van der Waals surface area (Å²) in [6.45, 7) is 0.759. The number of pyridine rings is 1. The molecule has 1 aromatic rings. The molecule has 0 aliphatic carbocycles. The van der Waals surface area contributed by atoms with Gasteiger partial charge in [-0.15, -0.1) is 0 Å². The number of aromatic nitrogens is 1. The molecule has 0 aromatic carbocycles. The van der Waals surface area contributed by atoms with Gasteiger partial charge >= 0.3 is 6.09 Å². The van der Waals surface area contributed by atoms with Crippen molar-refractivity contribution in [3.05, 3.63) is 30.1 Å². The quantitative estimate of drug-likeness (QED) is 0.717. The molecule has 15 heavy (non-hydrogen) atoms. The average molecular weight is 203 g/mol. The maximum atomic E-state index is 11.3. The lowest BCUT2D eigenvalue weighted by atomic mass is 10.2. The molecular weight excluding hydrogens is 194 g/mol. The lowest BCUT2D eigenvalue weighted by Crippen LogP contribution is -2.24. The van der Waals surface area contributed by atoms with Crippen LogP contribution in [0, 0.1) is 11.3 Å². The van der Waals surface area contributed by atoms with E-state index in [4.69, 9.17) is 10.00 Å². The van der Waals surface area contributed by atoms with E-state index >= 15 is 0 Å². The number of cyclic esters (lactones) is 1. The number of nitrogens with zero attached hydrogens (tertiary/aromatic N) is 3. The average Bonchev–Trinajstić information content (AvgIpc) is 2.61. The molecule has 1 unspecified atom stereocenters. The molecular formula is C10H9N3O2. The predicted octanol–water partition coefficient (Wildman–Crippen LogP) is 0.926. The molecule has 0 N–H and O–H groups in total. The molecule has 1 fully saturated rings. The van der Waals surface area contributed by atoms with Crippen LogP contribution in [0.5, 0.6) is 0 Å². The van der Waals surface area contributed by atoms with Crippen LogP contribution in [0.1, 0.15) is 5.56 Å². The van der Waals surface area contributed by atoms with Crippen LogP contribution in [0.3, 0.4) is 0 Å². The van der Waals surface area contributed by atoms with E-state index in [0.29, 0.717) is 13.1 Å². The molecule has 2 rings (SSSR count). The minimum Gasteiger partial charge on any atom is -0.429 e. The number of carbonyl (C=O) groups is 1. The monoisotopic (exact) mass is 203 g/mol. The SMILES string of the molecule is N#CC1CN(Cc2cccnc2)C(=O)O1. The fourth-order valence-corrected chi connectivity index (χ4v) is 1.42. The van der Waals surface area contributed by atoms with Crippen molar-refractivity contribution in [3.63, 3.8) is 0 Å². The largest absolute Gasteiger partial charge is 0.429 e. The van der Waals surface area contributed by atoms with Gasteiger partial charge in [0, 0.05) is 12.4 Å². The molecule has 76 valence electrons. The number of carbonyl (C=O) groups excluding carboxylic acids is 1. The van der Waals surface area contributed by atoms with Crippen molar-refractivity contribution < 1.29 is 9.53 Å². The number of hydrogen-bond donors (Lipinski definition) is 0. The Morgan fingerprint density at radius 1 is 1.73 bits per heavy atom. The maximum absolute atomic E-state index is 11.3. The number of nitriles is 1. The highest BCUT2D eigenvalue weighted by atomic mass is 16.6. The third kappa shape index (κ3) is 2.05. The summed E-state index contributed by atoms with van der Waals surface area (Å²) in [5, 5.41) is 8.60. The molecule has 1 atom stereocenters. The summed E-state index contributed by atoms with van der Waals surface area (Å²) in [6.07, 6.45) is 2.27. The zero-order valence-electron chi connectivity index (χ0n) is 7.96. The van der Waals surface area contributed by atoms with Crippen LogP contribution in [0.15, 0.2) is 24.5 Å². The molecule has 1 aliphatic rings. The molecule has 5 nitrogen and oxygen atoms in total. The van der Waals surface area contributed by atoms with E-state index in [9.17, 15) is 4.79 Å². The van der Waals surface area contributed by atoms with Crippen LogP contribution >= 0.6 is 0 Å². The Morgan fingerprint density at radius 2 is 2.60 bits per heavy atom. The predicted molar refractivity (Wildman–Crippen MR) is 50.5 cm³/mol. The fourth-order valence-electron chi connectivity index (χ4n) is 1.42. The summed E-state index contributed by atoms with van der Waals surface area (Å²) in [5.41, 5.74) is 0.924. The van der Waals surface area contributed by atoms with Gasteiger partial charge in [0.15, 0.2) is 0 Å². The van der Waals surface area contributed by atoms with E-state index in [1.165, 1.54) is 4.90 Å². The minimum absolute atomic E-state index is 0.324. The molecule has 1 aliphatic heterocycles. The van der Waals surface area contributed by atoms with Gasteiger partial charge in [-0.2, -0.15) is 5.26 Å². The van der Waals surface area contributed by atoms with Crippen molar-refractivity contribution >= 4 is 6.09 Å². The van der Waals surface area contributed by atoms with Gasteiger partial charge in [-0.25, -0.2) is 4.79 Å². The normalized spacial score (nSPS) is 19.8. The molecule has 0 bridgehead atoms. The summed E-state index contributed by atoms with van der Waals surface area (Å²) >= 11 is 0. The van der Waals surface area contributed by atoms with Crippen LogP contribution in [0.4, 0.5) is 4.79 Å². The van der Waals surface area contributed by atoms with Crippen LogP contribution in [0.2, 0.25) is 0 Å². The van der Waals surface area contributed by atoms with Gasteiger partial charge in [0.1, 0.15) is 6.07 Å². The minimum atomic E-state index is -0.644. The van der Waals surface area contributed by atoms with Gasteiger partial charge in [0.2, 0.25) is 6.10 Å². The van der Waals surface area contributed by atoms with Gasteiger partial charge in [0.25, 0.3) is 0 Å². The first-order valence-corrected chi connectivity index (χ1v) is 4.53. The summed E-state index contributed by atoms with van der Waals surface area (Å²) in [5.74, 6) is 0. The molecule has 1 saturated heterocycles. The Kier molecular flexibility index (Phi) is 2.50. The Hall–Kier alpha value is -2.09. The standard InChI is InChI=1S/C10H9N3O2/c11-4-9-7-13(10(14)15-9)6-8-2-1-3-12-5-8/h1-3,5,9H,6-7H2. The fraction of sp³-hybridized carbons (Fsp3) is 0.300. The number of amides is 1. The van der Waals surface area contributed by atoms with E-state index in [1.54, 1.807) is 18.5 Å². The van der Waals surface area contributed by atoms with Crippen molar-refractivity contribution in [1.29, 1.82) is 5.26 Å². The third-order valence-electron chi connectivity index (χ3n) is 2.13. The van der Waals surface area contributed by atoms with E-state index in [2.05, 4.69) is 4.98 Å². The highest BCUT2D eigenvalue weighted by Crippen LogP contribution is 2.13. The van der Waals surface area contributed by atoms with Gasteiger partial charge < -0.3 is 4.74 Å². The first-order chi connectivity index (χ1) is 7.29. The molecule has 1 aromatic heterocycles. The second-order valence-electron chi connectivity index (χ2n) is 3.24. The third-order valence-corrected chi connectivity index (χ3v) is 2.13. The Labute approximate surface area is 86.9 Å². The summed E-state index contributed by atoms with van der Waals surface area (Å²) < 4.78 is 4.80. The van der Waals surface area contributed by atoms with Crippen LogP contribution < -0.4 is 0 Å². The number of rotatable bonds is 2. The van der Waals surface area contributed by atoms with Crippen LogP contribution in [-0.4, -0.2) is 28.6 Å². The Morgan fingerprint density at radius 3 is 3.20 bits per heavy atom. The van der Waals surface area contributed by atoms with Crippen molar-refractivity contribution in [2.45, 2.75) is 12.6 Å². The van der Waals surface area contributed by atoms with E-state index in [1.807, 2.05) is 12.1 Å². The summed E-state index contributed by atoms with van der Waals surface area (Å²) in [7, 11) is 0. The summed E-state index contributed by atoms with van der Waals surface area (Å²) in [6, 6.07) is 5.59. The molecule has 5 heteroatoms. The first-order valence-electron chi connectivity index (χ1n) is 4.53. The van der Waals surface area contributed by atoms with Crippen LogP contribution in [-0.2, 0) is 11.3 Å².